The van der Waals surface area contributed by atoms with Gasteiger partial charge in [0.05, 0.1) is 11.0 Å². The summed E-state index contributed by atoms with van der Waals surface area (Å²) in [6, 6.07) is 19.3. The summed E-state index contributed by atoms with van der Waals surface area (Å²) in [4.78, 5) is 32.0. The van der Waals surface area contributed by atoms with Gasteiger partial charge in [0.15, 0.2) is 5.78 Å². The first-order valence-corrected chi connectivity index (χ1v) is 8.26. The lowest BCUT2D eigenvalue weighted by atomic mass is 10.0. The van der Waals surface area contributed by atoms with Crippen LogP contribution in [0, 0.1) is 5.82 Å². The first-order valence-electron chi connectivity index (χ1n) is 8.26. The minimum absolute atomic E-state index is 0.0935. The fraction of sp³-hybridized carbons (Fsp3) is 0. The van der Waals surface area contributed by atoms with E-state index >= 15 is 0 Å². The molecule has 0 saturated heterocycles. The summed E-state index contributed by atoms with van der Waals surface area (Å²) in [5.74, 6) is -0.659. The van der Waals surface area contributed by atoms with Gasteiger partial charge in [-0.05, 0) is 42.5 Å². The molecule has 0 saturated carbocycles. The minimum Gasteiger partial charge on any atom is -0.324 e. The number of halogens is 1. The number of ketones is 1. The van der Waals surface area contributed by atoms with Crippen LogP contribution >= 0.6 is 0 Å². The Morgan fingerprint density at radius 3 is 2.30 bits per heavy atom. The third-order valence-electron chi connectivity index (χ3n) is 4.12. The highest BCUT2D eigenvalue weighted by Gasteiger charge is 2.13. The van der Waals surface area contributed by atoms with E-state index in [1.807, 2.05) is 18.2 Å². The van der Waals surface area contributed by atoms with E-state index in [1.54, 1.807) is 30.3 Å². The normalized spacial score (nSPS) is 10.7. The highest BCUT2D eigenvalue weighted by molar-refractivity contribution is 6.10. The Bertz CT molecular complexity index is 1140. The predicted octanol–water partition coefficient (Wildman–Crippen LogP) is 4.19. The van der Waals surface area contributed by atoms with E-state index in [0.717, 1.165) is 0 Å². The van der Waals surface area contributed by atoms with Crippen LogP contribution in [0.1, 0.15) is 26.3 Å². The molecule has 0 bridgehead atoms. The van der Waals surface area contributed by atoms with E-state index in [9.17, 15) is 14.0 Å². The molecule has 1 heterocycles. The van der Waals surface area contributed by atoms with Gasteiger partial charge >= 0.3 is 0 Å². The third kappa shape index (κ3) is 3.46. The molecule has 3 aromatic carbocycles. The SMILES string of the molecule is O=C(Nc1nc2ccc(C(=O)c3ccccc3)cc2[nH]1)c1ccc(F)cc1. The Labute approximate surface area is 153 Å². The number of hydrogen-bond donors (Lipinski definition) is 2. The molecular weight excluding hydrogens is 345 g/mol. The summed E-state index contributed by atoms with van der Waals surface area (Å²) in [6.07, 6.45) is 0. The molecule has 6 heteroatoms. The average Bonchev–Trinajstić information content (AvgIpc) is 3.10. The fourth-order valence-corrected chi connectivity index (χ4v) is 2.75. The molecule has 1 aromatic heterocycles. The van der Waals surface area contributed by atoms with Crippen molar-refractivity contribution in [1.29, 1.82) is 0 Å². The highest BCUT2D eigenvalue weighted by atomic mass is 19.1. The van der Waals surface area contributed by atoms with Gasteiger partial charge in [-0.15, -0.1) is 0 Å². The summed E-state index contributed by atoms with van der Waals surface area (Å²) in [5, 5.41) is 2.63. The number of nitrogens with one attached hydrogen (secondary N) is 2. The zero-order valence-electron chi connectivity index (χ0n) is 14.1. The van der Waals surface area contributed by atoms with Gasteiger partial charge in [0.25, 0.3) is 5.91 Å². The molecule has 4 rings (SSSR count). The molecule has 0 atom stereocenters. The second-order valence-corrected chi connectivity index (χ2v) is 5.97. The molecule has 5 nitrogen and oxygen atoms in total. The van der Waals surface area contributed by atoms with Gasteiger partial charge in [0, 0.05) is 16.7 Å². The number of imidazole rings is 1. The number of nitrogens with zero attached hydrogens (tertiary/aromatic N) is 1. The van der Waals surface area contributed by atoms with Crippen molar-refractivity contribution < 1.29 is 14.0 Å². The van der Waals surface area contributed by atoms with Crippen molar-refractivity contribution >= 4 is 28.7 Å². The van der Waals surface area contributed by atoms with Crippen LogP contribution < -0.4 is 5.32 Å². The Morgan fingerprint density at radius 2 is 1.56 bits per heavy atom. The Balaban J connectivity index is 1.58. The minimum atomic E-state index is -0.411. The van der Waals surface area contributed by atoms with Gasteiger partial charge in [0.1, 0.15) is 5.82 Å². The van der Waals surface area contributed by atoms with E-state index in [1.165, 1.54) is 24.3 Å². The molecule has 2 N–H and O–H groups in total. The molecule has 132 valence electrons. The second-order valence-electron chi connectivity index (χ2n) is 5.97. The van der Waals surface area contributed by atoms with E-state index in [-0.39, 0.29) is 11.7 Å². The zero-order chi connectivity index (χ0) is 18.8. The van der Waals surface area contributed by atoms with Crippen molar-refractivity contribution in [2.24, 2.45) is 0 Å². The van der Waals surface area contributed by atoms with Crippen LogP contribution in [0.3, 0.4) is 0 Å². The molecule has 0 unspecified atom stereocenters. The number of H-pyrrole nitrogens is 1. The topological polar surface area (TPSA) is 74.8 Å². The van der Waals surface area contributed by atoms with E-state index in [0.29, 0.717) is 27.7 Å². The Morgan fingerprint density at radius 1 is 0.852 bits per heavy atom. The number of aromatic amines is 1. The molecule has 0 fully saturated rings. The number of fused-ring (bicyclic) bond motifs is 1. The molecule has 0 aliphatic heterocycles. The Hall–Kier alpha value is -3.80. The van der Waals surface area contributed by atoms with Crippen LogP contribution in [0.25, 0.3) is 11.0 Å². The molecule has 27 heavy (non-hydrogen) atoms. The van der Waals surface area contributed by atoms with Crippen molar-refractivity contribution in [1.82, 2.24) is 9.97 Å². The number of aromatic nitrogens is 2. The second kappa shape index (κ2) is 6.84. The van der Waals surface area contributed by atoms with Gasteiger partial charge < -0.3 is 4.98 Å². The Kier molecular flexibility index (Phi) is 4.22. The maximum absolute atomic E-state index is 13.0. The average molecular weight is 359 g/mol. The predicted molar refractivity (Wildman–Crippen MR) is 100 cm³/mol. The molecule has 0 spiro atoms. The maximum atomic E-state index is 13.0. The number of carbonyl (C=O) groups is 2. The van der Waals surface area contributed by atoms with Gasteiger partial charge in [-0.25, -0.2) is 9.37 Å². The van der Waals surface area contributed by atoms with Crippen molar-refractivity contribution in [3.8, 4) is 0 Å². The lowest BCUT2D eigenvalue weighted by Gasteiger charge is -2.01. The van der Waals surface area contributed by atoms with Crippen LogP contribution in [0.5, 0.6) is 0 Å². The van der Waals surface area contributed by atoms with Gasteiger partial charge in [-0.2, -0.15) is 0 Å². The summed E-state index contributed by atoms with van der Waals surface area (Å²) < 4.78 is 13.0. The maximum Gasteiger partial charge on any atom is 0.257 e. The summed E-state index contributed by atoms with van der Waals surface area (Å²) in [7, 11) is 0. The number of carbonyl (C=O) groups excluding carboxylic acids is 2. The van der Waals surface area contributed by atoms with Crippen LogP contribution in [-0.2, 0) is 0 Å². The van der Waals surface area contributed by atoms with Gasteiger partial charge in [-0.3, -0.25) is 14.9 Å². The molecule has 0 aliphatic carbocycles. The molecule has 0 aliphatic rings. The van der Waals surface area contributed by atoms with Gasteiger partial charge in [0.2, 0.25) is 5.95 Å². The largest absolute Gasteiger partial charge is 0.324 e. The number of anilines is 1. The number of hydrogen-bond acceptors (Lipinski definition) is 3. The highest BCUT2D eigenvalue weighted by Crippen LogP contribution is 2.19. The lowest BCUT2D eigenvalue weighted by Crippen LogP contribution is -2.12. The summed E-state index contributed by atoms with van der Waals surface area (Å²) >= 11 is 0. The quantitative estimate of drug-likeness (QED) is 0.537. The molecule has 4 aromatic rings. The van der Waals surface area contributed by atoms with Crippen LogP contribution in [0.4, 0.5) is 10.3 Å². The van der Waals surface area contributed by atoms with Crippen LogP contribution in [-0.4, -0.2) is 21.7 Å². The van der Waals surface area contributed by atoms with Crippen molar-refractivity contribution in [2.45, 2.75) is 0 Å². The van der Waals surface area contributed by atoms with E-state index in [2.05, 4.69) is 15.3 Å². The zero-order valence-corrected chi connectivity index (χ0v) is 14.1. The van der Waals surface area contributed by atoms with Gasteiger partial charge in [-0.1, -0.05) is 30.3 Å². The van der Waals surface area contributed by atoms with Crippen molar-refractivity contribution in [3.63, 3.8) is 0 Å². The first-order chi connectivity index (χ1) is 13.1. The number of benzene rings is 3. The van der Waals surface area contributed by atoms with Crippen LogP contribution in [0.2, 0.25) is 0 Å². The summed E-state index contributed by atoms with van der Waals surface area (Å²) in [5.41, 5.74) is 2.69. The third-order valence-corrected chi connectivity index (χ3v) is 4.12. The molecule has 0 radical (unpaired) electrons. The molecular formula is C21H14FN3O2. The number of rotatable bonds is 4. The smallest absolute Gasteiger partial charge is 0.257 e. The number of amides is 1. The standard InChI is InChI=1S/C21H14FN3O2/c22-16-9-6-14(7-10-16)20(27)25-21-23-17-11-8-15(12-18(17)24-21)19(26)13-4-2-1-3-5-13/h1-12H,(H2,23,24,25,27). The molecule has 1 amide bonds. The first kappa shape index (κ1) is 16.7. The lowest BCUT2D eigenvalue weighted by molar-refractivity contribution is 0.102. The van der Waals surface area contributed by atoms with Crippen LogP contribution in [0.15, 0.2) is 72.8 Å². The van der Waals surface area contributed by atoms with Crippen molar-refractivity contribution in [3.05, 3.63) is 95.3 Å². The van der Waals surface area contributed by atoms with E-state index < -0.39 is 11.7 Å². The fourth-order valence-electron chi connectivity index (χ4n) is 2.75. The van der Waals surface area contributed by atoms with Crippen molar-refractivity contribution in [2.75, 3.05) is 5.32 Å². The summed E-state index contributed by atoms with van der Waals surface area (Å²) in [6.45, 7) is 0. The monoisotopic (exact) mass is 359 g/mol. The van der Waals surface area contributed by atoms with E-state index in [4.69, 9.17) is 0 Å².